The summed E-state index contributed by atoms with van der Waals surface area (Å²) in [7, 11) is -2.77. The Labute approximate surface area is 221 Å². The van der Waals surface area contributed by atoms with E-state index in [0.717, 1.165) is 27.6 Å². The number of carbonyl (C=O) groups is 2. The predicted molar refractivity (Wildman–Crippen MR) is 142 cm³/mol. The maximum absolute atomic E-state index is 13.9. The van der Waals surface area contributed by atoms with Crippen molar-refractivity contribution in [3.05, 3.63) is 94.8 Å². The van der Waals surface area contributed by atoms with Gasteiger partial charge >= 0.3 is 0 Å². The average Bonchev–Trinajstić information content (AvgIpc) is 2.89. The number of halogens is 2. The van der Waals surface area contributed by atoms with Crippen molar-refractivity contribution in [3.63, 3.8) is 0 Å². The summed E-state index contributed by atoms with van der Waals surface area (Å²) >= 11 is 5.96. The van der Waals surface area contributed by atoms with Crippen LogP contribution in [-0.4, -0.2) is 44.8 Å². The van der Waals surface area contributed by atoms with Crippen LogP contribution in [0.5, 0.6) is 0 Å². The highest BCUT2D eigenvalue weighted by molar-refractivity contribution is 7.92. The van der Waals surface area contributed by atoms with E-state index in [0.29, 0.717) is 6.42 Å². The first-order valence-electron chi connectivity index (χ1n) is 11.7. The van der Waals surface area contributed by atoms with E-state index in [-0.39, 0.29) is 28.1 Å². The van der Waals surface area contributed by atoms with E-state index in [1.54, 1.807) is 25.1 Å². The minimum absolute atomic E-state index is 0.0205. The fourth-order valence-corrected chi connectivity index (χ4v) is 5.58. The van der Waals surface area contributed by atoms with E-state index in [1.165, 1.54) is 30.1 Å². The summed E-state index contributed by atoms with van der Waals surface area (Å²) in [5.74, 6) is -1.69. The minimum Gasteiger partial charge on any atom is -0.357 e. The number of benzene rings is 3. The molecule has 0 heterocycles. The molecule has 1 atom stereocenters. The van der Waals surface area contributed by atoms with Gasteiger partial charge in [-0.15, -0.1) is 0 Å². The topological polar surface area (TPSA) is 86.8 Å². The molecule has 0 spiro atoms. The molecule has 37 heavy (non-hydrogen) atoms. The van der Waals surface area contributed by atoms with Crippen LogP contribution in [0.4, 0.5) is 10.1 Å². The van der Waals surface area contributed by atoms with Gasteiger partial charge in [-0.05, 0) is 49.2 Å². The summed E-state index contributed by atoms with van der Waals surface area (Å²) < 4.78 is 42.1. The number of hydrogen-bond acceptors (Lipinski definition) is 4. The Bertz CT molecular complexity index is 1370. The molecule has 0 aliphatic heterocycles. The Morgan fingerprint density at radius 1 is 1.03 bits per heavy atom. The van der Waals surface area contributed by atoms with E-state index in [2.05, 4.69) is 5.32 Å². The molecular formula is C27H29ClFN3O4S. The van der Waals surface area contributed by atoms with E-state index < -0.39 is 34.3 Å². The highest BCUT2D eigenvalue weighted by atomic mass is 35.5. The number of anilines is 1. The predicted octanol–water partition coefficient (Wildman–Crippen LogP) is 4.54. The first-order valence-corrected chi connectivity index (χ1v) is 13.5. The molecule has 3 aromatic rings. The quantitative estimate of drug-likeness (QED) is 0.405. The molecule has 2 amide bonds. The second-order valence-corrected chi connectivity index (χ2v) is 10.7. The number of carbonyl (C=O) groups excluding carboxylic acids is 2. The van der Waals surface area contributed by atoms with Crippen molar-refractivity contribution >= 4 is 39.1 Å². The number of nitrogens with zero attached hydrogens (tertiary/aromatic N) is 2. The molecule has 0 saturated heterocycles. The van der Waals surface area contributed by atoms with Gasteiger partial charge in [-0.2, -0.15) is 0 Å². The van der Waals surface area contributed by atoms with Gasteiger partial charge in [0, 0.05) is 13.6 Å². The third-order valence-corrected chi connectivity index (χ3v) is 7.95. The molecule has 0 fully saturated rings. The lowest BCUT2D eigenvalue weighted by Crippen LogP contribution is -2.51. The average molecular weight is 546 g/mol. The summed E-state index contributed by atoms with van der Waals surface area (Å²) in [6.07, 6.45) is 0.311. The Kier molecular flexibility index (Phi) is 9.29. The lowest BCUT2D eigenvalue weighted by molar-refractivity contribution is -0.140. The molecule has 196 valence electrons. The second-order valence-electron chi connectivity index (χ2n) is 8.47. The largest absolute Gasteiger partial charge is 0.357 e. The van der Waals surface area contributed by atoms with Gasteiger partial charge in [0.1, 0.15) is 18.4 Å². The smallest absolute Gasteiger partial charge is 0.264 e. The van der Waals surface area contributed by atoms with Crippen LogP contribution in [0.3, 0.4) is 0 Å². The number of likely N-dealkylation sites (N-methyl/N-ethyl adjacent to an activating group) is 1. The first-order chi connectivity index (χ1) is 17.6. The summed E-state index contributed by atoms with van der Waals surface area (Å²) in [6.45, 7) is 3.15. The Hall–Kier alpha value is -3.43. The SMILES string of the molecule is CC[C@H](C(=O)NC)N(Cc1cccc(C)c1)C(=O)CN(c1ccc(F)c(Cl)c1)S(=O)(=O)c1ccccc1. The maximum atomic E-state index is 13.9. The van der Waals surface area contributed by atoms with Gasteiger partial charge in [-0.1, -0.05) is 66.6 Å². The van der Waals surface area contributed by atoms with Crippen molar-refractivity contribution < 1.29 is 22.4 Å². The normalized spacial score (nSPS) is 12.0. The zero-order valence-corrected chi connectivity index (χ0v) is 22.4. The molecule has 7 nitrogen and oxygen atoms in total. The standard InChI is InChI=1S/C27H29ClFN3O4S/c1-4-25(27(34)30-3)31(17-20-10-8-9-19(2)15-20)26(33)18-32(21-13-14-24(29)23(28)16-21)37(35,36)22-11-6-5-7-12-22/h5-16,25H,4,17-18H2,1-3H3,(H,30,34)/t25-/m1/s1. The number of amides is 2. The molecule has 0 bridgehead atoms. The van der Waals surface area contributed by atoms with Gasteiger partial charge in [-0.25, -0.2) is 12.8 Å². The summed E-state index contributed by atoms with van der Waals surface area (Å²) in [6, 6.07) is 17.7. The van der Waals surface area contributed by atoms with Gasteiger partial charge in [0.2, 0.25) is 11.8 Å². The molecular weight excluding hydrogens is 517 g/mol. The summed E-state index contributed by atoms with van der Waals surface area (Å²) in [5, 5.41) is 2.29. The van der Waals surface area contributed by atoms with Gasteiger partial charge in [0.15, 0.2) is 0 Å². The third kappa shape index (κ3) is 6.67. The van der Waals surface area contributed by atoms with Crippen LogP contribution < -0.4 is 9.62 Å². The number of rotatable bonds is 10. The van der Waals surface area contributed by atoms with E-state index in [4.69, 9.17) is 11.6 Å². The third-order valence-electron chi connectivity index (χ3n) is 5.87. The zero-order valence-electron chi connectivity index (χ0n) is 20.8. The number of nitrogens with one attached hydrogen (secondary N) is 1. The fourth-order valence-electron chi connectivity index (χ4n) is 3.98. The number of aryl methyl sites for hydroxylation is 1. The maximum Gasteiger partial charge on any atom is 0.264 e. The monoisotopic (exact) mass is 545 g/mol. The van der Waals surface area contributed by atoms with Crippen molar-refractivity contribution in [2.75, 3.05) is 17.9 Å². The summed E-state index contributed by atoms with van der Waals surface area (Å²) in [4.78, 5) is 27.8. The van der Waals surface area contributed by atoms with Gasteiger partial charge < -0.3 is 10.2 Å². The van der Waals surface area contributed by atoms with Crippen molar-refractivity contribution in [2.45, 2.75) is 37.8 Å². The van der Waals surface area contributed by atoms with Crippen LogP contribution in [0.2, 0.25) is 5.02 Å². The fraction of sp³-hybridized carbons (Fsp3) is 0.259. The van der Waals surface area contributed by atoms with Crippen molar-refractivity contribution in [2.24, 2.45) is 0 Å². The van der Waals surface area contributed by atoms with Gasteiger partial charge in [0.05, 0.1) is 15.6 Å². The zero-order chi connectivity index (χ0) is 27.2. The molecule has 0 radical (unpaired) electrons. The van der Waals surface area contributed by atoms with Crippen LogP contribution in [0, 0.1) is 12.7 Å². The van der Waals surface area contributed by atoms with Crippen molar-refractivity contribution in [1.29, 1.82) is 0 Å². The molecule has 0 aliphatic carbocycles. The first kappa shape index (κ1) is 28.1. The van der Waals surface area contributed by atoms with E-state index in [9.17, 15) is 22.4 Å². The molecule has 0 unspecified atom stereocenters. The highest BCUT2D eigenvalue weighted by Gasteiger charge is 2.33. The minimum atomic E-state index is -4.25. The molecule has 0 aromatic heterocycles. The van der Waals surface area contributed by atoms with Gasteiger partial charge in [-0.3, -0.25) is 13.9 Å². The number of hydrogen-bond donors (Lipinski definition) is 1. The van der Waals surface area contributed by atoms with E-state index in [1.807, 2.05) is 31.2 Å². The lowest BCUT2D eigenvalue weighted by Gasteiger charge is -2.33. The van der Waals surface area contributed by atoms with E-state index >= 15 is 0 Å². The Morgan fingerprint density at radius 3 is 2.32 bits per heavy atom. The molecule has 3 rings (SSSR count). The molecule has 0 saturated carbocycles. The van der Waals surface area contributed by atoms with Crippen LogP contribution in [0.25, 0.3) is 0 Å². The van der Waals surface area contributed by atoms with Crippen LogP contribution in [-0.2, 0) is 26.2 Å². The van der Waals surface area contributed by atoms with Crippen molar-refractivity contribution in [3.8, 4) is 0 Å². The Morgan fingerprint density at radius 2 is 1.73 bits per heavy atom. The molecule has 1 N–H and O–H groups in total. The molecule has 10 heteroatoms. The van der Waals surface area contributed by atoms with Crippen LogP contribution >= 0.6 is 11.6 Å². The van der Waals surface area contributed by atoms with Crippen LogP contribution in [0.15, 0.2) is 77.7 Å². The van der Waals surface area contributed by atoms with Crippen LogP contribution in [0.1, 0.15) is 24.5 Å². The highest BCUT2D eigenvalue weighted by Crippen LogP contribution is 2.28. The molecule has 3 aromatic carbocycles. The Balaban J connectivity index is 2.07. The summed E-state index contributed by atoms with van der Waals surface area (Å²) in [5.41, 5.74) is 1.79. The number of sulfonamides is 1. The second kappa shape index (κ2) is 12.2. The lowest BCUT2D eigenvalue weighted by atomic mass is 10.1. The van der Waals surface area contributed by atoms with Gasteiger partial charge in [0.25, 0.3) is 10.0 Å². The molecule has 0 aliphatic rings. The van der Waals surface area contributed by atoms with Crippen molar-refractivity contribution in [1.82, 2.24) is 10.2 Å².